The smallest absolute Gasteiger partial charge is 0.272 e. The number of hydrogen-bond acceptors (Lipinski definition) is 5. The molecule has 0 spiro atoms. The number of nitrogens with zero attached hydrogens (tertiary/aromatic N) is 2. The summed E-state index contributed by atoms with van der Waals surface area (Å²) in [4.78, 5) is 21.6. The summed E-state index contributed by atoms with van der Waals surface area (Å²) >= 11 is 1.46. The first-order valence-electron chi connectivity index (χ1n) is 9.15. The molecule has 1 N–H and O–H groups in total. The summed E-state index contributed by atoms with van der Waals surface area (Å²) in [5, 5.41) is 4.56. The normalized spacial score (nSPS) is 16.5. The first-order valence-corrected chi connectivity index (χ1v) is 9.96. The zero-order valence-electron chi connectivity index (χ0n) is 16.0. The van der Waals surface area contributed by atoms with Gasteiger partial charge in [0.25, 0.3) is 5.91 Å². The molecular formula is C21H23N3O2S. The van der Waals surface area contributed by atoms with Crippen LogP contribution in [0.25, 0.3) is 10.2 Å². The first kappa shape index (κ1) is 17.9. The molecule has 1 aliphatic heterocycles. The van der Waals surface area contributed by atoms with Crippen molar-refractivity contribution in [1.82, 2.24) is 4.98 Å². The van der Waals surface area contributed by atoms with Crippen molar-refractivity contribution >= 4 is 38.8 Å². The fourth-order valence-electron chi connectivity index (χ4n) is 3.79. The van der Waals surface area contributed by atoms with Crippen LogP contribution in [0.1, 0.15) is 40.3 Å². The van der Waals surface area contributed by atoms with Crippen LogP contribution in [0.3, 0.4) is 0 Å². The van der Waals surface area contributed by atoms with Gasteiger partial charge in [0.15, 0.2) is 0 Å². The molecule has 0 saturated heterocycles. The lowest BCUT2D eigenvalue weighted by molar-refractivity contribution is 0.0981. The number of pyridine rings is 1. The van der Waals surface area contributed by atoms with Crippen molar-refractivity contribution in [2.24, 2.45) is 0 Å². The maximum atomic E-state index is 13.5. The number of thiophene rings is 1. The number of nitrogens with one attached hydrogen (secondary N) is 1. The number of methoxy groups -OCH3 is 1. The average Bonchev–Trinajstić information content (AvgIpc) is 3.01. The number of para-hydroxylation sites is 1. The highest BCUT2D eigenvalue weighted by Crippen LogP contribution is 2.42. The molecule has 0 aliphatic carbocycles. The summed E-state index contributed by atoms with van der Waals surface area (Å²) < 4.78 is 5.38. The van der Waals surface area contributed by atoms with E-state index in [2.05, 4.69) is 23.3 Å². The molecule has 0 bridgehead atoms. The Kier molecular flexibility index (Phi) is 4.61. The zero-order valence-corrected chi connectivity index (χ0v) is 16.8. The van der Waals surface area contributed by atoms with Crippen LogP contribution in [0.2, 0.25) is 0 Å². The van der Waals surface area contributed by atoms with Gasteiger partial charge < -0.3 is 10.1 Å². The van der Waals surface area contributed by atoms with E-state index in [0.717, 1.165) is 44.8 Å². The number of benzene rings is 1. The lowest BCUT2D eigenvalue weighted by atomic mass is 10.1. The van der Waals surface area contributed by atoms with Crippen LogP contribution < -0.4 is 10.2 Å². The molecular weight excluding hydrogens is 358 g/mol. The molecule has 1 aromatic carbocycles. The number of hydrogen-bond donors (Lipinski definition) is 1. The molecule has 4 rings (SSSR count). The standard InChI is InChI=1S/C21H23N3O2S/c1-5-14-8-6-7-9-16(14)24-13(3)23-18-17-15(11-26-4)10-12(2)22-20(17)27-19(18)21(24)25/h6-10,13,23H,5,11H2,1-4H3. The first-order chi connectivity index (χ1) is 13.0. The number of ether oxygens (including phenoxy) is 1. The highest BCUT2D eigenvalue weighted by molar-refractivity contribution is 7.21. The highest BCUT2D eigenvalue weighted by Gasteiger charge is 2.35. The van der Waals surface area contributed by atoms with Gasteiger partial charge in [-0.1, -0.05) is 25.1 Å². The monoisotopic (exact) mass is 381 g/mol. The van der Waals surface area contributed by atoms with Gasteiger partial charge in [0.1, 0.15) is 15.9 Å². The third-order valence-corrected chi connectivity index (χ3v) is 6.03. The molecule has 1 atom stereocenters. The van der Waals surface area contributed by atoms with E-state index in [4.69, 9.17) is 4.74 Å². The maximum Gasteiger partial charge on any atom is 0.272 e. The lowest BCUT2D eigenvalue weighted by Crippen LogP contribution is -2.47. The minimum absolute atomic E-state index is 0.0289. The SMILES string of the molecule is CCc1ccccc1N1C(=O)c2sc3nc(C)cc(COC)c3c2NC1C. The quantitative estimate of drug-likeness (QED) is 0.710. The second-order valence-corrected chi connectivity index (χ2v) is 7.82. The van der Waals surface area contributed by atoms with Crippen LogP contribution in [0, 0.1) is 6.92 Å². The summed E-state index contributed by atoms with van der Waals surface area (Å²) in [7, 11) is 1.69. The molecule has 0 fully saturated rings. The van der Waals surface area contributed by atoms with Gasteiger partial charge in [0, 0.05) is 23.9 Å². The van der Waals surface area contributed by atoms with Crippen LogP contribution in [0.4, 0.5) is 11.4 Å². The van der Waals surface area contributed by atoms with E-state index in [1.165, 1.54) is 11.3 Å². The van der Waals surface area contributed by atoms with Crippen molar-refractivity contribution in [3.8, 4) is 0 Å². The van der Waals surface area contributed by atoms with Crippen LogP contribution in [0.15, 0.2) is 30.3 Å². The molecule has 3 aromatic rings. The van der Waals surface area contributed by atoms with Gasteiger partial charge >= 0.3 is 0 Å². The molecule has 5 nitrogen and oxygen atoms in total. The van der Waals surface area contributed by atoms with E-state index >= 15 is 0 Å². The summed E-state index contributed by atoms with van der Waals surface area (Å²) in [6, 6.07) is 10.1. The van der Waals surface area contributed by atoms with Crippen LogP contribution in [0.5, 0.6) is 0 Å². The van der Waals surface area contributed by atoms with Gasteiger partial charge in [-0.05, 0) is 43.5 Å². The van der Waals surface area contributed by atoms with Gasteiger partial charge in [-0.15, -0.1) is 11.3 Å². The maximum absolute atomic E-state index is 13.5. The van der Waals surface area contributed by atoms with Crippen molar-refractivity contribution in [2.45, 2.75) is 40.0 Å². The predicted molar refractivity (Wildman–Crippen MR) is 111 cm³/mol. The van der Waals surface area contributed by atoms with Crippen molar-refractivity contribution in [1.29, 1.82) is 0 Å². The van der Waals surface area contributed by atoms with E-state index in [9.17, 15) is 4.79 Å². The summed E-state index contributed by atoms with van der Waals surface area (Å²) in [5.41, 5.74) is 5.01. The fraction of sp³-hybridized carbons (Fsp3) is 0.333. The number of anilines is 2. The van der Waals surface area contributed by atoms with Crippen LogP contribution >= 0.6 is 11.3 Å². The Morgan fingerprint density at radius 2 is 2.07 bits per heavy atom. The zero-order chi connectivity index (χ0) is 19.1. The summed E-state index contributed by atoms with van der Waals surface area (Å²) in [5.74, 6) is 0.0289. The minimum Gasteiger partial charge on any atom is -0.380 e. The number of aryl methyl sites for hydroxylation is 2. The lowest BCUT2D eigenvalue weighted by Gasteiger charge is -2.35. The molecule has 3 heterocycles. The Labute approximate surface area is 163 Å². The summed E-state index contributed by atoms with van der Waals surface area (Å²) in [6.45, 7) is 6.60. The van der Waals surface area contributed by atoms with Gasteiger partial charge in [-0.3, -0.25) is 9.69 Å². The number of rotatable bonds is 4. The number of carbonyl (C=O) groups excluding carboxylic acids is 1. The Morgan fingerprint density at radius 3 is 2.81 bits per heavy atom. The van der Waals surface area contributed by atoms with Crippen molar-refractivity contribution < 1.29 is 9.53 Å². The van der Waals surface area contributed by atoms with Crippen LogP contribution in [-0.2, 0) is 17.8 Å². The molecule has 27 heavy (non-hydrogen) atoms. The van der Waals surface area contributed by atoms with Gasteiger partial charge in [-0.2, -0.15) is 0 Å². The second kappa shape index (κ2) is 6.94. The third kappa shape index (κ3) is 2.89. The molecule has 1 unspecified atom stereocenters. The number of carbonyl (C=O) groups is 1. The highest BCUT2D eigenvalue weighted by atomic mass is 32.1. The Morgan fingerprint density at radius 1 is 1.30 bits per heavy atom. The largest absolute Gasteiger partial charge is 0.380 e. The van der Waals surface area contributed by atoms with E-state index in [-0.39, 0.29) is 12.1 Å². The van der Waals surface area contributed by atoms with Crippen molar-refractivity contribution in [3.63, 3.8) is 0 Å². The molecule has 0 radical (unpaired) electrons. The van der Waals surface area contributed by atoms with Gasteiger partial charge in [0.2, 0.25) is 0 Å². The van der Waals surface area contributed by atoms with E-state index in [0.29, 0.717) is 11.5 Å². The second-order valence-electron chi connectivity index (χ2n) is 6.82. The van der Waals surface area contributed by atoms with Crippen molar-refractivity contribution in [2.75, 3.05) is 17.3 Å². The fourth-order valence-corrected chi connectivity index (χ4v) is 4.96. The van der Waals surface area contributed by atoms with Gasteiger partial charge in [-0.25, -0.2) is 4.98 Å². The van der Waals surface area contributed by atoms with Crippen molar-refractivity contribution in [3.05, 3.63) is 52.0 Å². The topological polar surface area (TPSA) is 54.5 Å². The van der Waals surface area contributed by atoms with E-state index in [1.54, 1.807) is 7.11 Å². The van der Waals surface area contributed by atoms with Crippen LogP contribution in [-0.4, -0.2) is 24.2 Å². The third-order valence-electron chi connectivity index (χ3n) is 4.96. The van der Waals surface area contributed by atoms with E-state index < -0.39 is 0 Å². The molecule has 1 aliphatic rings. The minimum atomic E-state index is -0.146. The molecule has 0 saturated carbocycles. The van der Waals surface area contributed by atoms with E-state index in [1.807, 2.05) is 43.0 Å². The number of fused-ring (bicyclic) bond motifs is 3. The molecule has 6 heteroatoms. The average molecular weight is 382 g/mol. The molecule has 1 amide bonds. The van der Waals surface area contributed by atoms with Gasteiger partial charge in [0.05, 0.1) is 12.3 Å². The Balaban J connectivity index is 1.88. The Bertz CT molecular complexity index is 1030. The number of aromatic nitrogens is 1. The molecule has 140 valence electrons. The number of amides is 1. The Hall–Kier alpha value is -2.44. The predicted octanol–water partition coefficient (Wildman–Crippen LogP) is 4.73. The molecule has 2 aromatic heterocycles. The summed E-state index contributed by atoms with van der Waals surface area (Å²) in [6.07, 6.45) is 0.734.